The highest BCUT2D eigenvalue weighted by atomic mass is 16.5. The van der Waals surface area contributed by atoms with Crippen molar-refractivity contribution in [3.8, 4) is 17.1 Å². The first-order chi connectivity index (χ1) is 14.3. The first kappa shape index (κ1) is 19.6. The summed E-state index contributed by atoms with van der Waals surface area (Å²) in [6, 6.07) is 11.8. The lowest BCUT2D eigenvalue weighted by Gasteiger charge is -2.09. The van der Waals surface area contributed by atoms with E-state index in [0.717, 1.165) is 33.6 Å². The van der Waals surface area contributed by atoms with E-state index < -0.39 is 0 Å². The van der Waals surface area contributed by atoms with E-state index >= 15 is 0 Å². The highest BCUT2D eigenvalue weighted by Crippen LogP contribution is 2.24. The Balaban J connectivity index is 1.67. The second-order valence-electron chi connectivity index (χ2n) is 7.48. The van der Waals surface area contributed by atoms with Gasteiger partial charge in [-0.2, -0.15) is 10.1 Å². The number of amides is 1. The molecule has 30 heavy (non-hydrogen) atoms. The van der Waals surface area contributed by atoms with Crippen molar-refractivity contribution in [2.75, 3.05) is 5.32 Å². The number of nitrogens with zero attached hydrogens (tertiary/aromatic N) is 4. The molecular weight excluding hydrogens is 378 g/mol. The van der Waals surface area contributed by atoms with Crippen LogP contribution in [0, 0.1) is 34.6 Å². The van der Waals surface area contributed by atoms with Gasteiger partial charge >= 0.3 is 0 Å². The third-order valence-electron chi connectivity index (χ3n) is 5.03. The van der Waals surface area contributed by atoms with Crippen LogP contribution in [0.15, 0.2) is 47.1 Å². The van der Waals surface area contributed by atoms with Gasteiger partial charge in [0.25, 0.3) is 5.91 Å². The van der Waals surface area contributed by atoms with E-state index in [9.17, 15) is 4.79 Å². The summed E-state index contributed by atoms with van der Waals surface area (Å²) in [4.78, 5) is 17.2. The van der Waals surface area contributed by atoms with Gasteiger partial charge in [-0.25, -0.2) is 4.68 Å². The van der Waals surface area contributed by atoms with Crippen molar-refractivity contribution in [1.29, 1.82) is 0 Å². The Hall–Kier alpha value is -3.74. The van der Waals surface area contributed by atoms with Gasteiger partial charge in [0.1, 0.15) is 0 Å². The summed E-state index contributed by atoms with van der Waals surface area (Å²) in [5.41, 5.74) is 6.77. The molecule has 1 N–H and O–H groups in total. The van der Waals surface area contributed by atoms with Gasteiger partial charge in [0.05, 0.1) is 16.9 Å². The minimum Gasteiger partial charge on any atom is -0.339 e. The number of anilines is 1. The Bertz CT molecular complexity index is 1250. The number of nitrogens with one attached hydrogen (secondary N) is 1. The molecule has 0 atom stereocenters. The summed E-state index contributed by atoms with van der Waals surface area (Å²) in [5.74, 6) is 0.841. The van der Waals surface area contributed by atoms with Crippen molar-refractivity contribution < 1.29 is 9.32 Å². The van der Waals surface area contributed by atoms with Crippen molar-refractivity contribution >= 4 is 11.6 Å². The van der Waals surface area contributed by atoms with E-state index in [1.165, 1.54) is 0 Å². The van der Waals surface area contributed by atoms with E-state index in [1.54, 1.807) is 17.8 Å². The van der Waals surface area contributed by atoms with E-state index in [-0.39, 0.29) is 5.91 Å². The highest BCUT2D eigenvalue weighted by Gasteiger charge is 2.17. The Kier molecular flexibility index (Phi) is 4.95. The molecule has 0 aliphatic carbocycles. The summed E-state index contributed by atoms with van der Waals surface area (Å²) in [5, 5.41) is 11.6. The largest absolute Gasteiger partial charge is 0.339 e. The van der Waals surface area contributed by atoms with Crippen LogP contribution < -0.4 is 5.32 Å². The van der Waals surface area contributed by atoms with E-state index in [2.05, 4.69) is 20.6 Å². The number of hydrogen-bond acceptors (Lipinski definition) is 5. The van der Waals surface area contributed by atoms with Crippen LogP contribution in [-0.4, -0.2) is 25.8 Å². The maximum atomic E-state index is 12.9. The molecule has 0 saturated carbocycles. The molecule has 0 unspecified atom stereocenters. The Morgan fingerprint density at radius 1 is 1.00 bits per heavy atom. The fraction of sp³-hybridized carbons (Fsp3) is 0.217. The zero-order valence-electron chi connectivity index (χ0n) is 17.6. The third kappa shape index (κ3) is 3.74. The fourth-order valence-electron chi connectivity index (χ4n) is 3.28. The van der Waals surface area contributed by atoms with Crippen LogP contribution in [0.5, 0.6) is 0 Å². The molecule has 0 fully saturated rings. The minimum absolute atomic E-state index is 0.185. The number of aromatic nitrogens is 4. The van der Waals surface area contributed by atoms with Crippen LogP contribution in [0.25, 0.3) is 17.1 Å². The summed E-state index contributed by atoms with van der Waals surface area (Å²) in [6.07, 6.45) is 1.75. The molecule has 2 heterocycles. The maximum Gasteiger partial charge on any atom is 0.259 e. The van der Waals surface area contributed by atoms with Gasteiger partial charge in [-0.05, 0) is 56.5 Å². The van der Waals surface area contributed by atoms with Crippen LogP contribution >= 0.6 is 0 Å². The molecule has 0 saturated heterocycles. The molecule has 0 aliphatic rings. The lowest BCUT2D eigenvalue weighted by Crippen LogP contribution is -2.13. The van der Waals surface area contributed by atoms with Gasteiger partial charge in [-0.15, -0.1) is 0 Å². The average Bonchev–Trinajstić information content (AvgIpc) is 3.31. The Morgan fingerprint density at radius 2 is 1.77 bits per heavy atom. The average molecular weight is 401 g/mol. The third-order valence-corrected chi connectivity index (χ3v) is 5.03. The summed E-state index contributed by atoms with van der Waals surface area (Å²) in [6.45, 7) is 9.55. The maximum absolute atomic E-state index is 12.9. The summed E-state index contributed by atoms with van der Waals surface area (Å²) < 4.78 is 6.81. The van der Waals surface area contributed by atoms with E-state index in [0.29, 0.717) is 23.0 Å². The Morgan fingerprint density at radius 3 is 2.50 bits per heavy atom. The van der Waals surface area contributed by atoms with Crippen molar-refractivity contribution in [3.63, 3.8) is 0 Å². The number of carbonyl (C=O) groups is 1. The monoisotopic (exact) mass is 401 g/mol. The van der Waals surface area contributed by atoms with Gasteiger partial charge < -0.3 is 9.84 Å². The number of rotatable bonds is 4. The van der Waals surface area contributed by atoms with Crippen molar-refractivity contribution in [3.05, 3.63) is 76.4 Å². The minimum atomic E-state index is -0.185. The quantitative estimate of drug-likeness (QED) is 0.535. The van der Waals surface area contributed by atoms with Crippen LogP contribution in [-0.2, 0) is 0 Å². The van der Waals surface area contributed by atoms with Crippen LogP contribution in [0.4, 0.5) is 5.69 Å². The Labute approximate surface area is 174 Å². The molecule has 152 valence electrons. The smallest absolute Gasteiger partial charge is 0.259 e. The normalized spacial score (nSPS) is 11.0. The number of carbonyl (C=O) groups excluding carboxylic acids is 1. The summed E-state index contributed by atoms with van der Waals surface area (Å²) >= 11 is 0. The molecule has 7 heteroatoms. The molecule has 4 aromatic rings. The van der Waals surface area contributed by atoms with Gasteiger partial charge in [0.15, 0.2) is 0 Å². The lowest BCUT2D eigenvalue weighted by atomic mass is 10.1. The van der Waals surface area contributed by atoms with Gasteiger partial charge in [-0.1, -0.05) is 29.4 Å². The van der Waals surface area contributed by atoms with Crippen LogP contribution in [0.1, 0.15) is 38.6 Å². The first-order valence-corrected chi connectivity index (χ1v) is 9.68. The van der Waals surface area contributed by atoms with Crippen molar-refractivity contribution in [2.45, 2.75) is 34.6 Å². The molecule has 0 spiro atoms. The second kappa shape index (κ2) is 7.59. The van der Waals surface area contributed by atoms with Crippen molar-refractivity contribution in [2.24, 2.45) is 0 Å². The van der Waals surface area contributed by atoms with E-state index in [4.69, 9.17) is 4.52 Å². The standard InChI is InChI=1S/C23H23N5O2/c1-13-6-7-14(2)20(10-13)25-23(29)19-12-28(26-16(19)4)21-11-18(9-8-15(21)3)22-24-17(5)30-27-22/h6-12H,1-5H3,(H,25,29). The van der Waals surface area contributed by atoms with Gasteiger partial charge in [-0.3, -0.25) is 4.79 Å². The predicted octanol–water partition coefficient (Wildman–Crippen LogP) is 4.72. The number of benzene rings is 2. The molecule has 1 amide bonds. The molecular formula is C23H23N5O2. The molecule has 0 bridgehead atoms. The fourth-order valence-corrected chi connectivity index (χ4v) is 3.28. The topological polar surface area (TPSA) is 85.8 Å². The molecule has 2 aromatic heterocycles. The number of aryl methyl sites for hydroxylation is 5. The highest BCUT2D eigenvalue weighted by molar-refractivity contribution is 6.05. The molecule has 0 aliphatic heterocycles. The van der Waals surface area contributed by atoms with Gasteiger partial charge in [0.2, 0.25) is 11.7 Å². The molecule has 2 aromatic carbocycles. The lowest BCUT2D eigenvalue weighted by molar-refractivity contribution is 0.102. The predicted molar refractivity (Wildman–Crippen MR) is 115 cm³/mol. The zero-order chi connectivity index (χ0) is 21.4. The molecule has 4 rings (SSSR count). The van der Waals surface area contributed by atoms with Gasteiger partial charge in [0, 0.05) is 24.4 Å². The zero-order valence-corrected chi connectivity index (χ0v) is 17.6. The van der Waals surface area contributed by atoms with Crippen molar-refractivity contribution in [1.82, 2.24) is 19.9 Å². The second-order valence-corrected chi connectivity index (χ2v) is 7.48. The first-order valence-electron chi connectivity index (χ1n) is 9.68. The summed E-state index contributed by atoms with van der Waals surface area (Å²) in [7, 11) is 0. The molecule has 0 radical (unpaired) electrons. The number of hydrogen-bond donors (Lipinski definition) is 1. The van der Waals surface area contributed by atoms with Crippen LogP contribution in [0.3, 0.4) is 0 Å². The molecule has 7 nitrogen and oxygen atoms in total. The van der Waals surface area contributed by atoms with E-state index in [1.807, 2.05) is 64.1 Å². The SMILES string of the molecule is Cc1ccc(C)c(NC(=O)c2cn(-c3cc(-c4noc(C)n4)ccc3C)nc2C)c1. The van der Waals surface area contributed by atoms with Crippen LogP contribution in [0.2, 0.25) is 0 Å².